The largest absolute Gasteiger partial charge is 0.374 e. The third kappa shape index (κ3) is 11.8. The lowest BCUT2D eigenvalue weighted by atomic mass is 9.98. The highest BCUT2D eigenvalue weighted by molar-refractivity contribution is 5.17. The van der Waals surface area contributed by atoms with Crippen LogP contribution in [0.2, 0.25) is 0 Å². The summed E-state index contributed by atoms with van der Waals surface area (Å²) in [5, 5.41) is 0. The number of hydrogen-bond acceptors (Lipinski definition) is 9. The summed E-state index contributed by atoms with van der Waals surface area (Å²) in [5.41, 5.74) is 5.12. The Morgan fingerprint density at radius 2 is 0.845 bits per heavy atom. The third-order valence-corrected chi connectivity index (χ3v) is 10.2. The van der Waals surface area contributed by atoms with Gasteiger partial charge in [-0.2, -0.15) is 0 Å². The summed E-state index contributed by atoms with van der Waals surface area (Å²) in [4.78, 5) is 0. The number of ether oxygens (including phenoxy) is 9. The summed E-state index contributed by atoms with van der Waals surface area (Å²) < 4.78 is 60.2. The second kappa shape index (κ2) is 22.0. The molecule has 58 heavy (non-hydrogen) atoms. The standard InChI is InChI=1S/C49H54O9/c1-3-29-51-48-47(55-34-41-27-17-8-18-28-41)45(43(36(2)56-48)52-31-38-21-11-5-12-22-38)58-49-46(54-33-40-25-15-7-16-26-40)44(53-32-39-23-13-6-14-24-39)42(57-49)35-50-30-37-19-9-4-10-20-37/h3-28,36,42-49H,1,29-35H2,2H3/t36-,42+,43-,44+,45+,46+,47+,48+,49+/m0/s1. The van der Waals surface area contributed by atoms with Crippen LogP contribution in [0.5, 0.6) is 0 Å². The van der Waals surface area contributed by atoms with Gasteiger partial charge in [0.1, 0.15) is 36.6 Å². The van der Waals surface area contributed by atoms with Gasteiger partial charge in [0.2, 0.25) is 0 Å². The van der Waals surface area contributed by atoms with Gasteiger partial charge in [0.25, 0.3) is 0 Å². The van der Waals surface area contributed by atoms with Crippen molar-refractivity contribution in [3.8, 4) is 0 Å². The van der Waals surface area contributed by atoms with Crippen LogP contribution in [-0.2, 0) is 75.7 Å². The highest BCUT2D eigenvalue weighted by atomic mass is 16.8. The predicted molar refractivity (Wildman–Crippen MR) is 220 cm³/mol. The molecule has 7 rings (SSSR count). The van der Waals surface area contributed by atoms with Crippen molar-refractivity contribution in [1.29, 1.82) is 0 Å². The molecule has 9 heteroatoms. The van der Waals surface area contributed by atoms with E-state index in [2.05, 4.69) is 6.58 Å². The predicted octanol–water partition coefficient (Wildman–Crippen LogP) is 8.60. The molecule has 0 radical (unpaired) electrons. The minimum Gasteiger partial charge on any atom is -0.374 e. The van der Waals surface area contributed by atoms with Gasteiger partial charge in [0, 0.05) is 0 Å². The molecule has 0 aromatic heterocycles. The second-order valence-corrected chi connectivity index (χ2v) is 14.5. The molecule has 5 aromatic rings. The molecular weight excluding hydrogens is 733 g/mol. The fourth-order valence-electron chi connectivity index (χ4n) is 7.23. The molecule has 2 saturated heterocycles. The zero-order chi connectivity index (χ0) is 39.8. The topological polar surface area (TPSA) is 83.1 Å². The Balaban J connectivity index is 1.21. The van der Waals surface area contributed by atoms with Crippen molar-refractivity contribution in [2.24, 2.45) is 0 Å². The van der Waals surface area contributed by atoms with Crippen LogP contribution in [0, 0.1) is 0 Å². The van der Waals surface area contributed by atoms with Crippen molar-refractivity contribution in [3.63, 3.8) is 0 Å². The fourth-order valence-corrected chi connectivity index (χ4v) is 7.23. The van der Waals surface area contributed by atoms with E-state index in [-0.39, 0.29) is 13.2 Å². The van der Waals surface area contributed by atoms with Gasteiger partial charge >= 0.3 is 0 Å². The summed E-state index contributed by atoms with van der Waals surface area (Å²) in [7, 11) is 0. The summed E-state index contributed by atoms with van der Waals surface area (Å²) in [5.74, 6) is 0. The average Bonchev–Trinajstić information content (AvgIpc) is 3.60. The van der Waals surface area contributed by atoms with Crippen molar-refractivity contribution in [2.45, 2.75) is 95.3 Å². The molecular formula is C49H54O9. The lowest BCUT2D eigenvalue weighted by Gasteiger charge is -2.45. The fraction of sp³-hybridized carbons (Fsp3) is 0.347. The second-order valence-electron chi connectivity index (χ2n) is 14.5. The Kier molecular flexibility index (Phi) is 15.8. The molecule has 5 aromatic carbocycles. The van der Waals surface area contributed by atoms with Crippen molar-refractivity contribution >= 4 is 0 Å². The first-order valence-electron chi connectivity index (χ1n) is 20.1. The molecule has 9 nitrogen and oxygen atoms in total. The molecule has 9 atom stereocenters. The van der Waals surface area contributed by atoms with Crippen molar-refractivity contribution in [2.75, 3.05) is 13.2 Å². The maximum atomic E-state index is 7.19. The van der Waals surface area contributed by atoms with Gasteiger partial charge in [0.15, 0.2) is 12.6 Å². The third-order valence-electron chi connectivity index (χ3n) is 10.2. The van der Waals surface area contributed by atoms with E-state index in [0.29, 0.717) is 33.0 Å². The molecule has 0 spiro atoms. The van der Waals surface area contributed by atoms with Crippen LogP contribution in [0.15, 0.2) is 164 Å². The summed E-state index contributed by atoms with van der Waals surface area (Å²) in [6, 6.07) is 50.2. The van der Waals surface area contributed by atoms with Gasteiger partial charge < -0.3 is 42.6 Å². The van der Waals surface area contributed by atoms with Crippen LogP contribution in [0.4, 0.5) is 0 Å². The van der Waals surface area contributed by atoms with Crippen LogP contribution in [0.1, 0.15) is 34.7 Å². The van der Waals surface area contributed by atoms with Crippen LogP contribution in [0.25, 0.3) is 0 Å². The molecule has 0 saturated carbocycles. The number of rotatable bonds is 21. The van der Waals surface area contributed by atoms with Gasteiger partial charge in [-0.1, -0.05) is 158 Å². The van der Waals surface area contributed by atoms with E-state index >= 15 is 0 Å². The van der Waals surface area contributed by atoms with Gasteiger partial charge in [-0.15, -0.1) is 6.58 Å². The number of benzene rings is 5. The zero-order valence-electron chi connectivity index (χ0n) is 33.0. The average molecular weight is 787 g/mol. The Morgan fingerprint density at radius 1 is 0.448 bits per heavy atom. The quantitative estimate of drug-likeness (QED) is 0.0680. The van der Waals surface area contributed by atoms with Crippen molar-refractivity contribution in [3.05, 3.63) is 192 Å². The molecule has 304 valence electrons. The summed E-state index contributed by atoms with van der Waals surface area (Å²) in [6.45, 7) is 8.05. The van der Waals surface area contributed by atoms with E-state index < -0.39 is 55.3 Å². The normalized spacial score (nSPS) is 25.7. The van der Waals surface area contributed by atoms with Crippen LogP contribution < -0.4 is 0 Å². The van der Waals surface area contributed by atoms with Crippen LogP contribution in [0.3, 0.4) is 0 Å². The SMILES string of the molecule is C=CCO[C@@H]1O[C@@H](C)[C@H](OCc2ccccc2)[C@@H](O[C@H]2O[C@H](COCc3ccccc3)[C@@H](OCc3ccccc3)[C@H]2OCc2ccccc2)[C@H]1OCc1ccccc1. The first-order chi connectivity index (χ1) is 28.6. The maximum absolute atomic E-state index is 7.19. The van der Waals surface area contributed by atoms with Crippen molar-refractivity contribution in [1.82, 2.24) is 0 Å². The highest BCUT2D eigenvalue weighted by Crippen LogP contribution is 2.36. The van der Waals surface area contributed by atoms with E-state index in [4.69, 9.17) is 42.6 Å². The highest BCUT2D eigenvalue weighted by Gasteiger charge is 2.53. The minimum absolute atomic E-state index is 0.247. The van der Waals surface area contributed by atoms with Crippen LogP contribution in [-0.4, -0.2) is 68.5 Å². The molecule has 0 amide bonds. The molecule has 2 aliphatic heterocycles. The van der Waals surface area contributed by atoms with E-state index in [1.807, 2.05) is 159 Å². The molecule has 2 aliphatic rings. The van der Waals surface area contributed by atoms with E-state index in [0.717, 1.165) is 27.8 Å². The van der Waals surface area contributed by atoms with E-state index in [1.54, 1.807) is 6.08 Å². The molecule has 0 N–H and O–H groups in total. The Labute approximate surface area is 342 Å². The first-order valence-corrected chi connectivity index (χ1v) is 20.1. The molecule has 0 unspecified atom stereocenters. The minimum atomic E-state index is -0.907. The molecule has 0 aliphatic carbocycles. The monoisotopic (exact) mass is 786 g/mol. The van der Waals surface area contributed by atoms with Crippen LogP contribution >= 0.6 is 0 Å². The first kappa shape index (κ1) is 41.6. The zero-order valence-corrected chi connectivity index (χ0v) is 33.0. The van der Waals surface area contributed by atoms with E-state index in [1.165, 1.54) is 0 Å². The smallest absolute Gasteiger partial charge is 0.187 e. The molecule has 0 bridgehead atoms. The van der Waals surface area contributed by atoms with Gasteiger partial charge in [-0.25, -0.2) is 0 Å². The lowest BCUT2D eigenvalue weighted by Crippen LogP contribution is -2.61. The van der Waals surface area contributed by atoms with E-state index in [9.17, 15) is 0 Å². The summed E-state index contributed by atoms with van der Waals surface area (Å²) in [6.07, 6.45) is -4.24. The Hall–Kier alpha value is -4.52. The Morgan fingerprint density at radius 3 is 1.29 bits per heavy atom. The lowest BCUT2D eigenvalue weighted by molar-refractivity contribution is -0.340. The maximum Gasteiger partial charge on any atom is 0.187 e. The summed E-state index contributed by atoms with van der Waals surface area (Å²) >= 11 is 0. The van der Waals surface area contributed by atoms with Gasteiger partial charge in [0.05, 0.1) is 52.4 Å². The molecule has 2 heterocycles. The van der Waals surface area contributed by atoms with Gasteiger partial charge in [-0.05, 0) is 34.7 Å². The molecule has 2 fully saturated rings. The van der Waals surface area contributed by atoms with Crippen molar-refractivity contribution < 1.29 is 42.6 Å². The Bertz CT molecular complexity index is 1880. The number of hydrogen-bond donors (Lipinski definition) is 0. The van der Waals surface area contributed by atoms with Gasteiger partial charge in [-0.3, -0.25) is 0 Å².